The number of thioether (sulfide) groups is 1. The number of methoxy groups -OCH3 is 1. The van der Waals surface area contributed by atoms with Crippen LogP contribution in [0.15, 0.2) is 63.1 Å². The summed E-state index contributed by atoms with van der Waals surface area (Å²) in [6.07, 6.45) is 1.61. The van der Waals surface area contributed by atoms with E-state index in [2.05, 4.69) is 10.2 Å². The van der Waals surface area contributed by atoms with Crippen LogP contribution in [0.5, 0.6) is 5.75 Å². The van der Waals surface area contributed by atoms with Crippen molar-refractivity contribution in [2.24, 2.45) is 0 Å². The molecule has 0 saturated heterocycles. The molecule has 0 bridgehead atoms. The molecule has 7 nitrogen and oxygen atoms in total. The molecule has 0 unspecified atom stereocenters. The first kappa shape index (κ1) is 17.0. The minimum Gasteiger partial charge on any atom is -0.491 e. The maximum absolute atomic E-state index is 12.1. The second kappa shape index (κ2) is 7.80. The fourth-order valence-electron chi connectivity index (χ4n) is 2.14. The van der Waals surface area contributed by atoms with Gasteiger partial charge in [0.05, 0.1) is 12.9 Å². The summed E-state index contributed by atoms with van der Waals surface area (Å²) in [6, 6.07) is 12.3. The van der Waals surface area contributed by atoms with Crippen LogP contribution < -0.4 is 10.3 Å². The number of Topliss-reactive ketones (excluding diaryl/α,β-unsaturated/α-hetero) is 1. The van der Waals surface area contributed by atoms with Crippen LogP contribution in [0.25, 0.3) is 0 Å². The topological polar surface area (TPSA) is 87.2 Å². The second-order valence-corrected chi connectivity index (χ2v) is 5.98. The Morgan fingerprint density at radius 3 is 2.76 bits per heavy atom. The molecule has 0 aliphatic carbocycles. The molecule has 0 amide bonds. The Balaban J connectivity index is 1.63. The lowest BCUT2D eigenvalue weighted by Gasteiger charge is -2.04. The summed E-state index contributed by atoms with van der Waals surface area (Å²) in [5, 5.41) is 8.09. The van der Waals surface area contributed by atoms with Gasteiger partial charge in [-0.25, -0.2) is 0 Å². The highest BCUT2D eigenvalue weighted by Gasteiger charge is 2.12. The molecular weight excluding hydrogens is 342 g/mol. The number of aromatic nitrogens is 3. The molecule has 0 atom stereocenters. The predicted molar refractivity (Wildman–Crippen MR) is 92.2 cm³/mol. The second-order valence-electron chi connectivity index (χ2n) is 5.05. The number of hydrogen-bond acceptors (Lipinski definition) is 7. The Morgan fingerprint density at radius 1 is 1.20 bits per heavy atom. The number of pyridine rings is 1. The van der Waals surface area contributed by atoms with Gasteiger partial charge in [-0.05, 0) is 12.1 Å². The van der Waals surface area contributed by atoms with Gasteiger partial charge in [-0.2, -0.15) is 0 Å². The van der Waals surface area contributed by atoms with Gasteiger partial charge >= 0.3 is 0 Å². The lowest BCUT2D eigenvalue weighted by Crippen LogP contribution is -2.21. The van der Waals surface area contributed by atoms with E-state index in [1.165, 1.54) is 11.7 Å². The molecule has 0 aliphatic heterocycles. The molecule has 2 aromatic heterocycles. The Bertz CT molecular complexity index is 921. The first-order chi connectivity index (χ1) is 12.2. The van der Waals surface area contributed by atoms with Gasteiger partial charge < -0.3 is 13.7 Å². The normalized spacial score (nSPS) is 10.6. The minimum absolute atomic E-state index is 0.0191. The Labute approximate surface area is 147 Å². The molecule has 8 heteroatoms. The van der Waals surface area contributed by atoms with E-state index in [-0.39, 0.29) is 40.5 Å². The Morgan fingerprint density at radius 2 is 2.00 bits per heavy atom. The van der Waals surface area contributed by atoms with Crippen LogP contribution in [0.3, 0.4) is 0 Å². The van der Waals surface area contributed by atoms with Crippen molar-refractivity contribution in [3.05, 3.63) is 70.5 Å². The average molecular weight is 357 g/mol. The third kappa shape index (κ3) is 4.16. The van der Waals surface area contributed by atoms with E-state index in [0.717, 1.165) is 11.8 Å². The van der Waals surface area contributed by atoms with Crippen molar-refractivity contribution in [3.8, 4) is 5.75 Å². The van der Waals surface area contributed by atoms with Crippen LogP contribution in [-0.2, 0) is 6.54 Å². The highest BCUT2D eigenvalue weighted by atomic mass is 32.2. The minimum atomic E-state index is -0.281. The van der Waals surface area contributed by atoms with Gasteiger partial charge in [0, 0.05) is 11.8 Å². The molecule has 0 fully saturated rings. The summed E-state index contributed by atoms with van der Waals surface area (Å²) in [6.45, 7) is 0.135. The third-order valence-corrected chi connectivity index (χ3v) is 4.20. The Hall–Kier alpha value is -2.87. The van der Waals surface area contributed by atoms with Gasteiger partial charge in [-0.15, -0.1) is 10.2 Å². The number of rotatable bonds is 7. The van der Waals surface area contributed by atoms with Crippen LogP contribution >= 0.6 is 11.8 Å². The van der Waals surface area contributed by atoms with Crippen molar-refractivity contribution in [2.45, 2.75) is 11.8 Å². The zero-order chi connectivity index (χ0) is 17.6. The molecule has 2 heterocycles. The SMILES string of the molecule is COc1cccn(Cc2nnc(SCC(=O)c3ccccc3)o2)c1=O. The molecule has 3 rings (SSSR count). The van der Waals surface area contributed by atoms with Crippen molar-refractivity contribution in [1.82, 2.24) is 14.8 Å². The van der Waals surface area contributed by atoms with Gasteiger partial charge in [-0.3, -0.25) is 9.59 Å². The van der Waals surface area contributed by atoms with Gasteiger partial charge in [0.1, 0.15) is 6.54 Å². The zero-order valence-corrected chi connectivity index (χ0v) is 14.2. The van der Waals surface area contributed by atoms with Crippen molar-refractivity contribution in [2.75, 3.05) is 12.9 Å². The molecule has 1 aromatic carbocycles. The molecule has 0 spiro atoms. The van der Waals surface area contributed by atoms with Crippen molar-refractivity contribution in [3.63, 3.8) is 0 Å². The number of nitrogens with zero attached hydrogens (tertiary/aromatic N) is 3. The van der Waals surface area contributed by atoms with Crippen LogP contribution in [0.1, 0.15) is 16.2 Å². The molecule has 128 valence electrons. The average Bonchev–Trinajstić information content (AvgIpc) is 3.09. The molecule has 0 N–H and O–H groups in total. The van der Waals surface area contributed by atoms with E-state index in [1.54, 1.807) is 30.5 Å². The van der Waals surface area contributed by atoms with Gasteiger partial charge in [0.25, 0.3) is 10.8 Å². The first-order valence-corrected chi connectivity index (χ1v) is 8.43. The summed E-state index contributed by atoms with van der Waals surface area (Å²) in [7, 11) is 1.44. The number of carbonyl (C=O) groups is 1. The largest absolute Gasteiger partial charge is 0.491 e. The van der Waals surface area contributed by atoms with Crippen molar-refractivity contribution in [1.29, 1.82) is 0 Å². The quantitative estimate of drug-likeness (QED) is 0.473. The van der Waals surface area contributed by atoms with Gasteiger partial charge in [-0.1, -0.05) is 42.1 Å². The summed E-state index contributed by atoms with van der Waals surface area (Å²) >= 11 is 1.16. The number of benzene rings is 1. The summed E-state index contributed by atoms with van der Waals surface area (Å²) < 4.78 is 11.9. The third-order valence-electron chi connectivity index (χ3n) is 3.38. The lowest BCUT2D eigenvalue weighted by atomic mass is 10.2. The fraction of sp³-hybridized carbons (Fsp3) is 0.176. The molecule has 0 radical (unpaired) electrons. The van der Waals surface area contributed by atoms with Crippen molar-refractivity contribution < 1.29 is 13.9 Å². The summed E-state index contributed by atoms with van der Waals surface area (Å²) in [4.78, 5) is 24.1. The molecule has 25 heavy (non-hydrogen) atoms. The van der Waals surface area contributed by atoms with E-state index in [9.17, 15) is 9.59 Å². The maximum Gasteiger partial charge on any atom is 0.293 e. The first-order valence-electron chi connectivity index (χ1n) is 7.44. The van der Waals surface area contributed by atoms with E-state index in [0.29, 0.717) is 5.56 Å². The fourth-order valence-corrected chi connectivity index (χ4v) is 2.81. The number of ether oxygens (including phenoxy) is 1. The monoisotopic (exact) mass is 357 g/mol. The lowest BCUT2D eigenvalue weighted by molar-refractivity contribution is 0.102. The molecular formula is C17H15N3O4S. The smallest absolute Gasteiger partial charge is 0.293 e. The summed E-state index contributed by atoms with van der Waals surface area (Å²) in [5.41, 5.74) is 0.356. The van der Waals surface area contributed by atoms with Gasteiger partial charge in [0.15, 0.2) is 11.5 Å². The Kier molecular flexibility index (Phi) is 5.30. The van der Waals surface area contributed by atoms with E-state index in [1.807, 2.05) is 18.2 Å². The molecule has 0 saturated carbocycles. The maximum atomic E-state index is 12.1. The highest BCUT2D eigenvalue weighted by molar-refractivity contribution is 7.99. The standard InChI is InChI=1S/C17H15N3O4S/c1-23-14-8-5-9-20(16(14)22)10-15-18-19-17(24-15)25-11-13(21)12-6-3-2-4-7-12/h2-9H,10-11H2,1H3. The van der Waals surface area contributed by atoms with E-state index >= 15 is 0 Å². The number of hydrogen-bond donors (Lipinski definition) is 0. The molecule has 0 aliphatic rings. The number of ketones is 1. The van der Waals surface area contributed by atoms with Crippen LogP contribution in [0.4, 0.5) is 0 Å². The zero-order valence-electron chi connectivity index (χ0n) is 13.4. The highest BCUT2D eigenvalue weighted by Crippen LogP contribution is 2.18. The van der Waals surface area contributed by atoms with Crippen LogP contribution in [0.2, 0.25) is 0 Å². The number of carbonyl (C=O) groups excluding carboxylic acids is 1. The van der Waals surface area contributed by atoms with Gasteiger partial charge in [0.2, 0.25) is 5.89 Å². The van der Waals surface area contributed by atoms with E-state index < -0.39 is 0 Å². The van der Waals surface area contributed by atoms with Crippen LogP contribution in [-0.4, -0.2) is 33.4 Å². The van der Waals surface area contributed by atoms with E-state index in [4.69, 9.17) is 9.15 Å². The van der Waals surface area contributed by atoms with Crippen LogP contribution in [0, 0.1) is 0 Å². The van der Waals surface area contributed by atoms with Crippen molar-refractivity contribution >= 4 is 17.5 Å². The summed E-state index contributed by atoms with van der Waals surface area (Å²) in [5.74, 6) is 0.703. The molecule has 3 aromatic rings. The predicted octanol–water partition coefficient (Wildman–Crippen LogP) is 2.26.